The number of hydrogen-bond acceptors (Lipinski definition) is 4. The first-order valence-electron chi connectivity index (χ1n) is 8.95. The van der Waals surface area contributed by atoms with Crippen molar-refractivity contribution in [1.82, 2.24) is 0 Å². The number of hydrogen-bond donors (Lipinski definition) is 2. The van der Waals surface area contributed by atoms with Gasteiger partial charge in [-0.2, -0.15) is 0 Å². The highest BCUT2D eigenvalue weighted by molar-refractivity contribution is 5.94. The molecule has 0 spiro atoms. The summed E-state index contributed by atoms with van der Waals surface area (Å²) in [7, 11) is 1.69. The zero-order valence-electron chi connectivity index (χ0n) is 15.6. The van der Waals surface area contributed by atoms with Crippen molar-refractivity contribution in [3.63, 3.8) is 0 Å². The third kappa shape index (κ3) is 5.77. The third-order valence-electron chi connectivity index (χ3n) is 4.11. The number of amidine groups is 1. The van der Waals surface area contributed by atoms with E-state index in [1.165, 1.54) is 0 Å². The Balaban J connectivity index is 1.81. The molecule has 0 aliphatic heterocycles. The number of unbranched alkanes of at least 4 members (excludes halogenated alkanes) is 1. The van der Waals surface area contributed by atoms with Gasteiger partial charge in [-0.05, 0) is 30.5 Å². The first kappa shape index (κ1) is 19.8. The lowest BCUT2D eigenvalue weighted by Gasteiger charge is -2.15. The summed E-state index contributed by atoms with van der Waals surface area (Å²) in [6, 6.07) is 13.4. The lowest BCUT2D eigenvalue weighted by molar-refractivity contribution is 0.0885. The van der Waals surface area contributed by atoms with E-state index in [1.807, 2.05) is 42.5 Å². The molecule has 3 N–H and O–H groups in total. The molecule has 0 atom stereocenters. The summed E-state index contributed by atoms with van der Waals surface area (Å²) in [6.07, 6.45) is 3.17. The quantitative estimate of drug-likeness (QED) is 0.363. The predicted octanol–water partition coefficient (Wildman–Crippen LogP) is 3.92. The minimum absolute atomic E-state index is 0.0723. The molecule has 5 nitrogen and oxygen atoms in total. The van der Waals surface area contributed by atoms with Crippen LogP contribution in [-0.2, 0) is 17.8 Å². The minimum Gasteiger partial charge on any atom is -0.496 e. The molecule has 0 unspecified atom stereocenters. The van der Waals surface area contributed by atoms with E-state index in [0.29, 0.717) is 19.8 Å². The van der Waals surface area contributed by atoms with E-state index < -0.39 is 0 Å². The Kier molecular flexibility index (Phi) is 7.96. The molecule has 0 bridgehead atoms. The van der Waals surface area contributed by atoms with Crippen molar-refractivity contribution in [2.24, 2.45) is 5.73 Å². The standard InChI is InChI=1S/C21H28N2O3/c1-3-4-6-18-19(24-2)7-5-8-20(18)26-14-13-25-15-16-9-11-17(12-10-16)21(22)23/h5,7-12H,3-4,6,13-15H2,1-2H3,(H3,22,23). The van der Waals surface area contributed by atoms with Gasteiger partial charge in [0.25, 0.3) is 0 Å². The molecule has 0 aromatic heterocycles. The van der Waals surface area contributed by atoms with Crippen LogP contribution in [0.5, 0.6) is 11.5 Å². The topological polar surface area (TPSA) is 77.6 Å². The zero-order chi connectivity index (χ0) is 18.8. The third-order valence-corrected chi connectivity index (χ3v) is 4.11. The van der Waals surface area contributed by atoms with E-state index in [2.05, 4.69) is 6.92 Å². The van der Waals surface area contributed by atoms with E-state index in [1.54, 1.807) is 7.11 Å². The summed E-state index contributed by atoms with van der Waals surface area (Å²) in [5.41, 5.74) is 8.33. The molecule has 0 fully saturated rings. The molecular weight excluding hydrogens is 328 g/mol. The maximum atomic E-state index is 7.39. The Morgan fingerprint density at radius 2 is 1.77 bits per heavy atom. The van der Waals surface area contributed by atoms with Crippen LogP contribution in [0.2, 0.25) is 0 Å². The molecule has 0 aliphatic carbocycles. The second kappa shape index (κ2) is 10.5. The smallest absolute Gasteiger partial charge is 0.126 e. The average Bonchev–Trinajstić information content (AvgIpc) is 2.66. The maximum Gasteiger partial charge on any atom is 0.126 e. The van der Waals surface area contributed by atoms with Gasteiger partial charge in [0.1, 0.15) is 23.9 Å². The summed E-state index contributed by atoms with van der Waals surface area (Å²) >= 11 is 0. The summed E-state index contributed by atoms with van der Waals surface area (Å²) < 4.78 is 17.1. The maximum absolute atomic E-state index is 7.39. The molecule has 0 heterocycles. The Morgan fingerprint density at radius 3 is 2.42 bits per heavy atom. The van der Waals surface area contributed by atoms with Crippen molar-refractivity contribution in [3.05, 3.63) is 59.2 Å². The number of rotatable bonds is 11. The highest BCUT2D eigenvalue weighted by Crippen LogP contribution is 2.30. The zero-order valence-corrected chi connectivity index (χ0v) is 15.6. The molecule has 0 amide bonds. The normalized spacial score (nSPS) is 10.5. The van der Waals surface area contributed by atoms with Crippen LogP contribution in [0.3, 0.4) is 0 Å². The second-order valence-electron chi connectivity index (χ2n) is 6.05. The van der Waals surface area contributed by atoms with Crippen molar-refractivity contribution >= 4 is 5.84 Å². The van der Waals surface area contributed by atoms with Crippen molar-refractivity contribution in [1.29, 1.82) is 5.41 Å². The van der Waals surface area contributed by atoms with Gasteiger partial charge in [0, 0.05) is 11.1 Å². The molecule has 26 heavy (non-hydrogen) atoms. The van der Waals surface area contributed by atoms with Gasteiger partial charge >= 0.3 is 0 Å². The number of nitrogens with two attached hydrogens (primary N) is 1. The molecule has 0 saturated carbocycles. The van der Waals surface area contributed by atoms with E-state index in [0.717, 1.165) is 47.5 Å². The van der Waals surface area contributed by atoms with Crippen LogP contribution < -0.4 is 15.2 Å². The van der Waals surface area contributed by atoms with Gasteiger partial charge in [-0.1, -0.05) is 43.7 Å². The molecule has 0 aliphatic rings. The number of nitrogen functional groups attached to an aromatic ring is 1. The van der Waals surface area contributed by atoms with Crippen LogP contribution in [0.25, 0.3) is 0 Å². The molecule has 2 aromatic carbocycles. The van der Waals surface area contributed by atoms with Crippen LogP contribution in [0.4, 0.5) is 0 Å². The molecule has 2 rings (SSSR count). The van der Waals surface area contributed by atoms with Gasteiger partial charge in [0.05, 0.1) is 20.3 Å². The number of methoxy groups -OCH3 is 1. The monoisotopic (exact) mass is 356 g/mol. The molecular formula is C21H28N2O3. The highest BCUT2D eigenvalue weighted by Gasteiger charge is 2.09. The van der Waals surface area contributed by atoms with Gasteiger partial charge in [-0.3, -0.25) is 5.41 Å². The van der Waals surface area contributed by atoms with Gasteiger partial charge < -0.3 is 19.9 Å². The van der Waals surface area contributed by atoms with E-state index in [-0.39, 0.29) is 5.84 Å². The first-order chi connectivity index (χ1) is 12.7. The van der Waals surface area contributed by atoms with E-state index in [4.69, 9.17) is 25.4 Å². The second-order valence-corrected chi connectivity index (χ2v) is 6.05. The van der Waals surface area contributed by atoms with E-state index in [9.17, 15) is 0 Å². The average molecular weight is 356 g/mol. The molecule has 2 aromatic rings. The summed E-state index contributed by atoms with van der Waals surface area (Å²) in [4.78, 5) is 0. The van der Waals surface area contributed by atoms with Crippen LogP contribution >= 0.6 is 0 Å². The number of benzene rings is 2. The van der Waals surface area contributed by atoms with Crippen molar-refractivity contribution in [3.8, 4) is 11.5 Å². The number of ether oxygens (including phenoxy) is 3. The molecule has 5 heteroatoms. The summed E-state index contributed by atoms with van der Waals surface area (Å²) in [5.74, 6) is 1.82. The predicted molar refractivity (Wildman–Crippen MR) is 104 cm³/mol. The van der Waals surface area contributed by atoms with Gasteiger partial charge in [-0.15, -0.1) is 0 Å². The fourth-order valence-electron chi connectivity index (χ4n) is 2.65. The Morgan fingerprint density at radius 1 is 1.04 bits per heavy atom. The first-order valence-corrected chi connectivity index (χ1v) is 8.95. The fraction of sp³-hybridized carbons (Fsp3) is 0.381. The summed E-state index contributed by atoms with van der Waals surface area (Å²) in [6.45, 7) is 3.66. The van der Waals surface area contributed by atoms with Gasteiger partial charge in [0.2, 0.25) is 0 Å². The Labute approximate surface area is 155 Å². The van der Waals surface area contributed by atoms with Crippen molar-refractivity contribution in [2.45, 2.75) is 32.8 Å². The molecule has 0 radical (unpaired) electrons. The fourth-order valence-corrected chi connectivity index (χ4v) is 2.65. The van der Waals surface area contributed by atoms with Gasteiger partial charge in [0.15, 0.2) is 0 Å². The number of nitrogens with one attached hydrogen (secondary N) is 1. The summed E-state index contributed by atoms with van der Waals surface area (Å²) in [5, 5.41) is 7.39. The lowest BCUT2D eigenvalue weighted by Crippen LogP contribution is -2.11. The van der Waals surface area contributed by atoms with Crippen molar-refractivity contribution < 1.29 is 14.2 Å². The van der Waals surface area contributed by atoms with Crippen LogP contribution in [-0.4, -0.2) is 26.2 Å². The lowest BCUT2D eigenvalue weighted by atomic mass is 10.1. The van der Waals surface area contributed by atoms with Crippen LogP contribution in [0.1, 0.15) is 36.5 Å². The largest absolute Gasteiger partial charge is 0.496 e. The van der Waals surface area contributed by atoms with E-state index >= 15 is 0 Å². The SMILES string of the molecule is CCCCc1c(OC)cccc1OCCOCc1ccc(C(=N)N)cc1. The Hall–Kier alpha value is -2.53. The minimum atomic E-state index is 0.0723. The van der Waals surface area contributed by atoms with Crippen molar-refractivity contribution in [2.75, 3.05) is 20.3 Å². The van der Waals surface area contributed by atoms with Gasteiger partial charge in [-0.25, -0.2) is 0 Å². The molecule has 140 valence electrons. The van der Waals surface area contributed by atoms with Crippen LogP contribution in [0, 0.1) is 5.41 Å². The Bertz CT molecular complexity index is 699. The molecule has 0 saturated heterocycles. The van der Waals surface area contributed by atoms with Crippen LogP contribution in [0.15, 0.2) is 42.5 Å². The highest BCUT2D eigenvalue weighted by atomic mass is 16.5.